The van der Waals surface area contributed by atoms with Gasteiger partial charge < -0.3 is 9.80 Å². The maximum atomic E-state index is 11.4. The molecule has 2 rings (SSSR count). The third kappa shape index (κ3) is 3.37. The van der Waals surface area contributed by atoms with Crippen molar-refractivity contribution in [3.05, 3.63) is 28.3 Å². The highest BCUT2D eigenvalue weighted by molar-refractivity contribution is 7.89. The molecule has 22 heavy (non-hydrogen) atoms. The Hall–Kier alpha value is -1.71. The number of primary sulfonamides is 1. The second-order valence-corrected chi connectivity index (χ2v) is 6.98. The Kier molecular flexibility index (Phi) is 4.69. The molecule has 0 aromatic heterocycles. The highest BCUT2D eigenvalue weighted by Crippen LogP contribution is 2.33. The minimum absolute atomic E-state index is 0.230. The van der Waals surface area contributed by atoms with Crippen molar-refractivity contribution in [1.82, 2.24) is 4.90 Å². The largest absolute Gasteiger partial charge is 0.364 e. The molecule has 1 aromatic rings. The van der Waals surface area contributed by atoms with Gasteiger partial charge in [-0.2, -0.15) is 0 Å². The zero-order valence-electron chi connectivity index (χ0n) is 12.6. The summed E-state index contributed by atoms with van der Waals surface area (Å²) < 4.78 is 22.7. The molecule has 9 heteroatoms. The Bertz CT molecular complexity index is 677. The van der Waals surface area contributed by atoms with E-state index < -0.39 is 14.9 Å². The van der Waals surface area contributed by atoms with E-state index in [1.165, 1.54) is 12.1 Å². The van der Waals surface area contributed by atoms with Crippen LogP contribution in [0.2, 0.25) is 0 Å². The minimum atomic E-state index is -3.96. The quantitative estimate of drug-likeness (QED) is 0.631. The number of anilines is 1. The van der Waals surface area contributed by atoms with Crippen molar-refractivity contribution in [2.24, 2.45) is 5.14 Å². The molecule has 8 nitrogen and oxygen atoms in total. The van der Waals surface area contributed by atoms with Crippen LogP contribution in [0, 0.1) is 10.1 Å². The molecule has 0 spiro atoms. The lowest BCUT2D eigenvalue weighted by molar-refractivity contribution is -0.384. The predicted octanol–water partition coefficient (Wildman–Crippen LogP) is 0.773. The van der Waals surface area contributed by atoms with Gasteiger partial charge >= 0.3 is 0 Å². The summed E-state index contributed by atoms with van der Waals surface area (Å²) in [4.78, 5) is 14.6. The van der Waals surface area contributed by atoms with E-state index in [1.807, 2.05) is 11.9 Å². The first-order valence-electron chi connectivity index (χ1n) is 7.00. The lowest BCUT2D eigenvalue weighted by Crippen LogP contribution is -2.34. The van der Waals surface area contributed by atoms with E-state index in [9.17, 15) is 18.5 Å². The lowest BCUT2D eigenvalue weighted by atomic mass is 10.2. The number of nitrogens with zero attached hydrogens (tertiary/aromatic N) is 3. The minimum Gasteiger partial charge on any atom is -0.364 e. The fraction of sp³-hybridized carbons (Fsp3) is 0.538. The molecule has 0 radical (unpaired) electrons. The van der Waals surface area contributed by atoms with Crippen LogP contribution in [0.5, 0.6) is 0 Å². The number of nitro groups is 1. The van der Waals surface area contributed by atoms with Gasteiger partial charge in [-0.05, 0) is 32.1 Å². The van der Waals surface area contributed by atoms with Crippen molar-refractivity contribution < 1.29 is 13.3 Å². The van der Waals surface area contributed by atoms with E-state index in [-0.39, 0.29) is 10.6 Å². The zero-order chi connectivity index (χ0) is 16.5. The first-order chi connectivity index (χ1) is 10.2. The number of hydrogen-bond donors (Lipinski definition) is 1. The molecular weight excluding hydrogens is 308 g/mol. The molecule has 1 heterocycles. The Morgan fingerprint density at radius 1 is 1.50 bits per heavy atom. The van der Waals surface area contributed by atoms with Crippen LogP contribution in [0.15, 0.2) is 23.1 Å². The van der Waals surface area contributed by atoms with Crippen LogP contribution in [-0.2, 0) is 10.0 Å². The number of sulfonamides is 1. The second kappa shape index (κ2) is 6.19. The highest BCUT2D eigenvalue weighted by Gasteiger charge is 2.30. The van der Waals surface area contributed by atoms with Crippen molar-refractivity contribution in [2.75, 3.05) is 31.6 Å². The summed E-state index contributed by atoms with van der Waals surface area (Å²) in [6.45, 7) is 4.35. The summed E-state index contributed by atoms with van der Waals surface area (Å²) in [5.41, 5.74) is 0.204. The maximum absolute atomic E-state index is 11.4. The summed E-state index contributed by atoms with van der Waals surface area (Å²) in [7, 11) is -1.94. The predicted molar refractivity (Wildman–Crippen MR) is 83.4 cm³/mol. The topological polar surface area (TPSA) is 110 Å². The van der Waals surface area contributed by atoms with Crippen LogP contribution in [0.3, 0.4) is 0 Å². The molecule has 1 aromatic carbocycles. The number of nitrogens with two attached hydrogens (primary N) is 1. The van der Waals surface area contributed by atoms with Crippen LogP contribution >= 0.6 is 0 Å². The van der Waals surface area contributed by atoms with Crippen LogP contribution < -0.4 is 10.0 Å². The highest BCUT2D eigenvalue weighted by atomic mass is 32.2. The molecule has 1 atom stereocenters. The van der Waals surface area contributed by atoms with Crippen LogP contribution in [0.25, 0.3) is 0 Å². The van der Waals surface area contributed by atoms with Gasteiger partial charge in [0.25, 0.3) is 5.69 Å². The monoisotopic (exact) mass is 328 g/mol. The van der Waals surface area contributed by atoms with Crippen molar-refractivity contribution >= 4 is 21.4 Å². The summed E-state index contributed by atoms with van der Waals surface area (Å²) in [6, 6.07) is 4.14. The van der Waals surface area contributed by atoms with E-state index in [0.29, 0.717) is 24.8 Å². The average molecular weight is 328 g/mol. The number of nitro benzene ring substituents is 1. The molecule has 1 saturated heterocycles. The number of hydrogen-bond acceptors (Lipinski definition) is 6. The first-order valence-corrected chi connectivity index (χ1v) is 8.55. The van der Waals surface area contributed by atoms with Crippen molar-refractivity contribution in [2.45, 2.75) is 24.3 Å². The molecule has 0 aliphatic carbocycles. The van der Waals surface area contributed by atoms with E-state index in [1.54, 1.807) is 0 Å². The van der Waals surface area contributed by atoms with Gasteiger partial charge in [-0.3, -0.25) is 10.1 Å². The molecule has 1 aliphatic rings. The normalized spacial score (nSPS) is 18.9. The van der Waals surface area contributed by atoms with Crippen molar-refractivity contribution in [3.63, 3.8) is 0 Å². The summed E-state index contributed by atoms with van der Waals surface area (Å²) in [5.74, 6) is 0. The molecular formula is C13H20N4O4S. The Labute approximate surface area is 129 Å². The number of benzene rings is 1. The fourth-order valence-corrected chi connectivity index (χ4v) is 3.21. The van der Waals surface area contributed by atoms with Gasteiger partial charge in [0.15, 0.2) is 0 Å². The van der Waals surface area contributed by atoms with Gasteiger partial charge in [0.2, 0.25) is 10.0 Å². The van der Waals surface area contributed by atoms with Gasteiger partial charge in [0.1, 0.15) is 5.69 Å². The number of likely N-dealkylation sites (N-methyl/N-ethyl adjacent to an activating group) is 1. The van der Waals surface area contributed by atoms with Gasteiger partial charge in [0.05, 0.1) is 9.82 Å². The second-order valence-electron chi connectivity index (χ2n) is 5.41. The Morgan fingerprint density at radius 2 is 2.18 bits per heavy atom. The van der Waals surface area contributed by atoms with Gasteiger partial charge in [-0.1, -0.05) is 6.92 Å². The molecule has 1 fully saturated rings. The standard InChI is InChI=1S/C13H20N4O4S/c1-3-15(2)10-6-7-16(9-10)12-5-4-11(22(14,20)21)8-13(12)17(18)19/h4-5,8,10H,3,6-7,9H2,1-2H3,(H2,14,20,21)/t10-/m1/s1. The van der Waals surface area contributed by atoms with Crippen molar-refractivity contribution in [1.29, 1.82) is 0 Å². The van der Waals surface area contributed by atoms with E-state index in [0.717, 1.165) is 19.0 Å². The Balaban J connectivity index is 2.34. The van der Waals surface area contributed by atoms with Crippen LogP contribution in [0.1, 0.15) is 13.3 Å². The van der Waals surface area contributed by atoms with Gasteiger partial charge in [0, 0.05) is 25.2 Å². The van der Waals surface area contributed by atoms with Crippen LogP contribution in [0.4, 0.5) is 11.4 Å². The van der Waals surface area contributed by atoms with E-state index >= 15 is 0 Å². The zero-order valence-corrected chi connectivity index (χ0v) is 13.4. The van der Waals surface area contributed by atoms with Gasteiger partial charge in [-0.25, -0.2) is 13.6 Å². The molecule has 0 bridgehead atoms. The molecule has 0 unspecified atom stereocenters. The Morgan fingerprint density at radius 3 is 2.73 bits per heavy atom. The van der Waals surface area contributed by atoms with E-state index in [4.69, 9.17) is 5.14 Å². The third-order valence-electron chi connectivity index (χ3n) is 4.10. The molecule has 2 N–H and O–H groups in total. The summed E-state index contributed by atoms with van der Waals surface area (Å²) in [6.07, 6.45) is 0.915. The van der Waals surface area contributed by atoms with Crippen molar-refractivity contribution in [3.8, 4) is 0 Å². The van der Waals surface area contributed by atoms with Crippen LogP contribution in [-0.4, -0.2) is 51.0 Å². The fourth-order valence-electron chi connectivity index (χ4n) is 2.67. The molecule has 0 amide bonds. The molecule has 122 valence electrons. The summed E-state index contributed by atoms with van der Waals surface area (Å²) in [5, 5.41) is 16.3. The molecule has 1 aliphatic heterocycles. The molecule has 0 saturated carbocycles. The average Bonchev–Trinajstić information content (AvgIpc) is 2.94. The van der Waals surface area contributed by atoms with Gasteiger partial charge in [-0.15, -0.1) is 0 Å². The lowest BCUT2D eigenvalue weighted by Gasteiger charge is -2.23. The first kappa shape index (κ1) is 16.7. The SMILES string of the molecule is CCN(C)[C@@H]1CCN(c2ccc(S(N)(=O)=O)cc2[N+](=O)[O-])C1. The smallest absolute Gasteiger partial charge is 0.293 e. The van der Waals surface area contributed by atoms with E-state index in [2.05, 4.69) is 11.8 Å². The maximum Gasteiger partial charge on any atom is 0.293 e. The third-order valence-corrected chi connectivity index (χ3v) is 5.01. The summed E-state index contributed by atoms with van der Waals surface area (Å²) >= 11 is 0. The number of rotatable bonds is 5.